The first kappa shape index (κ1) is 19.7. The van der Waals surface area contributed by atoms with Crippen molar-refractivity contribution in [2.24, 2.45) is 0 Å². The average molecular weight is 388 g/mol. The van der Waals surface area contributed by atoms with E-state index >= 15 is 0 Å². The highest BCUT2D eigenvalue weighted by Gasteiger charge is 2.20. The lowest BCUT2D eigenvalue weighted by atomic mass is 10.2. The molecule has 140 valence electrons. The van der Waals surface area contributed by atoms with E-state index in [1.165, 1.54) is 25.3 Å². The summed E-state index contributed by atoms with van der Waals surface area (Å²) in [5.74, 6) is -5.21. The molecule has 0 aliphatic carbocycles. The van der Waals surface area contributed by atoms with Crippen LogP contribution in [0.25, 0.3) is 0 Å². The monoisotopic (exact) mass is 388 g/mol. The number of methoxy groups -OCH3 is 1. The standard InChI is InChI=1S/C16H15F3N2O4S/c1-9-7-10(25-2)3-6-13(9)26(23,24)20-8-14(22)21-12-5-4-11(17)15(18)16(12)19/h3-7,20H,8H2,1-2H3,(H,21,22). The van der Waals surface area contributed by atoms with Gasteiger partial charge in [-0.25, -0.2) is 26.3 Å². The second kappa shape index (κ2) is 7.75. The van der Waals surface area contributed by atoms with E-state index in [1.54, 1.807) is 6.92 Å². The topological polar surface area (TPSA) is 84.5 Å². The normalized spacial score (nSPS) is 11.3. The Morgan fingerprint density at radius 2 is 1.81 bits per heavy atom. The molecule has 0 saturated heterocycles. The molecule has 0 bridgehead atoms. The number of carbonyl (C=O) groups excluding carboxylic acids is 1. The number of carbonyl (C=O) groups is 1. The zero-order valence-corrected chi connectivity index (χ0v) is 14.6. The quantitative estimate of drug-likeness (QED) is 0.744. The maximum Gasteiger partial charge on any atom is 0.241 e. The minimum absolute atomic E-state index is 0.0647. The number of benzene rings is 2. The predicted octanol–water partition coefficient (Wildman–Crippen LogP) is 2.34. The molecular weight excluding hydrogens is 373 g/mol. The maximum absolute atomic E-state index is 13.5. The molecule has 0 aromatic heterocycles. The lowest BCUT2D eigenvalue weighted by Gasteiger charge is -2.11. The summed E-state index contributed by atoms with van der Waals surface area (Å²) in [6.07, 6.45) is 0. The van der Waals surface area contributed by atoms with Gasteiger partial charge >= 0.3 is 0 Å². The molecule has 0 aliphatic rings. The van der Waals surface area contributed by atoms with Crippen LogP contribution in [0.2, 0.25) is 0 Å². The Balaban J connectivity index is 2.08. The van der Waals surface area contributed by atoms with E-state index in [1.807, 2.05) is 10.0 Å². The maximum atomic E-state index is 13.5. The van der Waals surface area contributed by atoms with Gasteiger partial charge in [0.15, 0.2) is 17.5 Å². The lowest BCUT2D eigenvalue weighted by molar-refractivity contribution is -0.115. The molecule has 2 N–H and O–H groups in total. The molecule has 0 aliphatic heterocycles. The summed E-state index contributed by atoms with van der Waals surface area (Å²) in [7, 11) is -2.59. The fourth-order valence-electron chi connectivity index (χ4n) is 2.11. The third-order valence-corrected chi connectivity index (χ3v) is 4.97. The van der Waals surface area contributed by atoms with E-state index in [0.29, 0.717) is 17.4 Å². The van der Waals surface area contributed by atoms with Crippen LogP contribution in [0.4, 0.5) is 18.9 Å². The van der Waals surface area contributed by atoms with Crippen LogP contribution in [0.5, 0.6) is 5.75 Å². The number of rotatable bonds is 6. The van der Waals surface area contributed by atoms with Crippen molar-refractivity contribution >= 4 is 21.6 Å². The van der Waals surface area contributed by atoms with Crippen LogP contribution in [0.1, 0.15) is 5.56 Å². The van der Waals surface area contributed by atoms with Crippen LogP contribution >= 0.6 is 0 Å². The molecule has 10 heteroatoms. The molecule has 0 atom stereocenters. The van der Waals surface area contributed by atoms with Crippen LogP contribution in [0.15, 0.2) is 35.2 Å². The van der Waals surface area contributed by atoms with Crippen LogP contribution in [0.3, 0.4) is 0 Å². The van der Waals surface area contributed by atoms with Crippen molar-refractivity contribution in [3.05, 3.63) is 53.3 Å². The SMILES string of the molecule is COc1ccc(S(=O)(=O)NCC(=O)Nc2ccc(F)c(F)c2F)c(C)c1. The number of aryl methyl sites for hydroxylation is 1. The van der Waals surface area contributed by atoms with Crippen molar-refractivity contribution in [2.45, 2.75) is 11.8 Å². The summed E-state index contributed by atoms with van der Waals surface area (Å²) in [6.45, 7) is 0.820. The number of ether oxygens (including phenoxy) is 1. The number of halogens is 3. The molecule has 0 heterocycles. The minimum atomic E-state index is -4.02. The zero-order valence-electron chi connectivity index (χ0n) is 13.8. The molecule has 2 aromatic carbocycles. The average Bonchev–Trinajstić information content (AvgIpc) is 2.60. The molecule has 0 spiro atoms. The van der Waals surface area contributed by atoms with E-state index < -0.39 is 45.6 Å². The van der Waals surface area contributed by atoms with E-state index in [0.717, 1.165) is 6.07 Å². The van der Waals surface area contributed by atoms with Gasteiger partial charge in [-0.15, -0.1) is 0 Å². The number of nitrogens with one attached hydrogen (secondary N) is 2. The summed E-state index contributed by atoms with van der Waals surface area (Å²) in [4.78, 5) is 11.7. The zero-order chi connectivity index (χ0) is 19.5. The molecule has 0 unspecified atom stereocenters. The first-order chi connectivity index (χ1) is 12.2. The number of amides is 1. The molecule has 0 fully saturated rings. The number of sulfonamides is 1. The summed E-state index contributed by atoms with van der Waals surface area (Å²) in [6, 6.07) is 5.72. The summed E-state index contributed by atoms with van der Waals surface area (Å²) < 4.78 is 71.0. The smallest absolute Gasteiger partial charge is 0.241 e. The van der Waals surface area contributed by atoms with Crippen LogP contribution < -0.4 is 14.8 Å². The molecule has 0 saturated carbocycles. The molecule has 6 nitrogen and oxygen atoms in total. The second-order valence-electron chi connectivity index (χ2n) is 5.23. The largest absolute Gasteiger partial charge is 0.497 e. The fraction of sp³-hybridized carbons (Fsp3) is 0.188. The van der Waals surface area contributed by atoms with Gasteiger partial charge in [-0.05, 0) is 42.8 Å². The summed E-state index contributed by atoms with van der Waals surface area (Å²) in [5.41, 5.74) is -0.211. The third kappa shape index (κ3) is 4.33. The van der Waals surface area contributed by atoms with Crippen LogP contribution in [-0.2, 0) is 14.8 Å². The first-order valence-corrected chi connectivity index (χ1v) is 8.71. The van der Waals surface area contributed by atoms with Crippen molar-refractivity contribution in [1.29, 1.82) is 0 Å². The van der Waals surface area contributed by atoms with Gasteiger partial charge in [0.1, 0.15) is 5.75 Å². The number of hydrogen-bond donors (Lipinski definition) is 2. The van der Waals surface area contributed by atoms with Gasteiger partial charge in [0, 0.05) is 0 Å². The van der Waals surface area contributed by atoms with E-state index in [9.17, 15) is 26.4 Å². The van der Waals surface area contributed by atoms with Crippen molar-refractivity contribution in [2.75, 3.05) is 19.0 Å². The Hall–Kier alpha value is -2.59. The predicted molar refractivity (Wildman–Crippen MR) is 87.9 cm³/mol. The Morgan fingerprint density at radius 1 is 1.12 bits per heavy atom. The summed E-state index contributed by atoms with van der Waals surface area (Å²) >= 11 is 0. The van der Waals surface area contributed by atoms with E-state index in [-0.39, 0.29) is 4.90 Å². The highest BCUT2D eigenvalue weighted by atomic mass is 32.2. The van der Waals surface area contributed by atoms with Crippen molar-refractivity contribution < 1.29 is 31.1 Å². The first-order valence-electron chi connectivity index (χ1n) is 7.23. The van der Waals surface area contributed by atoms with Gasteiger partial charge in [0.05, 0.1) is 24.2 Å². The Labute approximate surface area is 148 Å². The number of hydrogen-bond acceptors (Lipinski definition) is 4. The van der Waals surface area contributed by atoms with Crippen LogP contribution in [0, 0.1) is 24.4 Å². The molecule has 26 heavy (non-hydrogen) atoms. The highest BCUT2D eigenvalue weighted by molar-refractivity contribution is 7.89. The highest BCUT2D eigenvalue weighted by Crippen LogP contribution is 2.21. The van der Waals surface area contributed by atoms with Gasteiger partial charge in [0.25, 0.3) is 0 Å². The fourth-order valence-corrected chi connectivity index (χ4v) is 3.31. The lowest BCUT2D eigenvalue weighted by Crippen LogP contribution is -2.33. The molecule has 2 rings (SSSR count). The van der Waals surface area contributed by atoms with E-state index in [2.05, 4.69) is 0 Å². The Bertz CT molecular complexity index is 949. The van der Waals surface area contributed by atoms with Gasteiger partial charge in [0.2, 0.25) is 15.9 Å². The molecule has 2 aromatic rings. The van der Waals surface area contributed by atoms with Crippen molar-refractivity contribution in [1.82, 2.24) is 4.72 Å². The summed E-state index contributed by atoms with van der Waals surface area (Å²) in [5, 5.41) is 1.97. The molecule has 1 amide bonds. The van der Waals surface area contributed by atoms with Crippen molar-refractivity contribution in [3.63, 3.8) is 0 Å². The van der Waals surface area contributed by atoms with Gasteiger partial charge in [-0.2, -0.15) is 0 Å². The van der Waals surface area contributed by atoms with E-state index in [4.69, 9.17) is 4.74 Å². The molecular formula is C16H15F3N2O4S. The van der Waals surface area contributed by atoms with Gasteiger partial charge < -0.3 is 10.1 Å². The Kier molecular flexibility index (Phi) is 5.88. The third-order valence-electron chi connectivity index (χ3n) is 3.40. The van der Waals surface area contributed by atoms with Gasteiger partial charge in [-0.1, -0.05) is 0 Å². The van der Waals surface area contributed by atoms with Crippen LogP contribution in [-0.4, -0.2) is 28.0 Å². The second-order valence-corrected chi connectivity index (χ2v) is 6.96. The number of anilines is 1. The van der Waals surface area contributed by atoms with Gasteiger partial charge in [-0.3, -0.25) is 4.79 Å². The molecule has 0 radical (unpaired) electrons. The minimum Gasteiger partial charge on any atom is -0.497 e. The Morgan fingerprint density at radius 3 is 2.42 bits per heavy atom. The van der Waals surface area contributed by atoms with Crippen molar-refractivity contribution in [3.8, 4) is 5.75 Å².